The number of anilines is 1. The molecular weight excluding hydrogens is 526 g/mol. The molecule has 40 heavy (non-hydrogen) atoms. The van der Waals surface area contributed by atoms with Crippen LogP contribution in [0.25, 0.3) is 28.2 Å². The summed E-state index contributed by atoms with van der Waals surface area (Å²) in [7, 11) is 0. The third kappa shape index (κ3) is 5.47. The van der Waals surface area contributed by atoms with Gasteiger partial charge >= 0.3 is 6.18 Å². The van der Waals surface area contributed by atoms with E-state index in [0.29, 0.717) is 59.1 Å². The average Bonchev–Trinajstić information content (AvgIpc) is 3.47. The fourth-order valence-electron chi connectivity index (χ4n) is 5.18. The van der Waals surface area contributed by atoms with Gasteiger partial charge < -0.3 is 14.6 Å². The van der Waals surface area contributed by atoms with Gasteiger partial charge in [0.05, 0.1) is 31.6 Å². The first-order valence-electron chi connectivity index (χ1n) is 12.8. The molecule has 11 heteroatoms. The summed E-state index contributed by atoms with van der Waals surface area (Å²) in [5.41, 5.74) is 4.49. The van der Waals surface area contributed by atoms with Gasteiger partial charge in [0.1, 0.15) is 5.52 Å². The van der Waals surface area contributed by atoms with E-state index >= 15 is 4.39 Å². The zero-order chi connectivity index (χ0) is 27.9. The Balaban J connectivity index is 1.19. The molecule has 2 aliphatic rings. The van der Waals surface area contributed by atoms with Crippen molar-refractivity contribution in [1.29, 1.82) is 0 Å². The van der Waals surface area contributed by atoms with Gasteiger partial charge in [-0.25, -0.2) is 9.37 Å². The first-order valence-corrected chi connectivity index (χ1v) is 12.8. The van der Waals surface area contributed by atoms with Crippen molar-refractivity contribution in [3.63, 3.8) is 0 Å². The quantitative estimate of drug-likeness (QED) is 0.246. The number of ether oxygens (including phenoxy) is 1. The zero-order valence-corrected chi connectivity index (χ0v) is 21.3. The highest BCUT2D eigenvalue weighted by atomic mass is 19.4. The first kappa shape index (κ1) is 26.1. The number of benzene rings is 2. The third-order valence-corrected chi connectivity index (χ3v) is 7.10. The highest BCUT2D eigenvalue weighted by Crippen LogP contribution is 2.32. The minimum atomic E-state index is -4.27. The number of hydrogen-bond acceptors (Lipinski definition) is 5. The van der Waals surface area contributed by atoms with Gasteiger partial charge in [0.15, 0.2) is 5.82 Å². The van der Waals surface area contributed by atoms with E-state index in [4.69, 9.17) is 4.74 Å². The predicted octanol–water partition coefficient (Wildman–Crippen LogP) is 5.41. The summed E-state index contributed by atoms with van der Waals surface area (Å²) in [5, 5.41) is 2.75. The maximum atomic E-state index is 15.8. The summed E-state index contributed by atoms with van der Waals surface area (Å²) >= 11 is 0. The van der Waals surface area contributed by atoms with Crippen molar-refractivity contribution in [2.24, 2.45) is 5.92 Å². The molecule has 0 radical (unpaired) electrons. The molecule has 2 aliphatic heterocycles. The number of amides is 1. The monoisotopic (exact) mass is 551 g/mol. The van der Waals surface area contributed by atoms with Crippen molar-refractivity contribution >= 4 is 28.7 Å². The number of nitrogens with one attached hydrogen (secondary N) is 1. The van der Waals surface area contributed by atoms with E-state index in [0.717, 1.165) is 11.1 Å². The normalized spacial score (nSPS) is 16.0. The lowest BCUT2D eigenvalue weighted by Gasteiger charge is -2.26. The van der Waals surface area contributed by atoms with E-state index in [1.807, 2.05) is 4.57 Å². The van der Waals surface area contributed by atoms with Crippen LogP contribution in [-0.2, 0) is 29.2 Å². The Morgan fingerprint density at radius 2 is 1.93 bits per heavy atom. The SMILES string of the molecule is O=C(/C=C/c1cnccc1-c1ccc2ncn(CC3COC3)c2c1F)Nc1ccc2c(c1)CN(CC(F)(F)F)C2. The number of hydrogen-bond donors (Lipinski definition) is 1. The summed E-state index contributed by atoms with van der Waals surface area (Å²) < 4.78 is 61.2. The van der Waals surface area contributed by atoms with Gasteiger partial charge in [0.25, 0.3) is 0 Å². The summed E-state index contributed by atoms with van der Waals surface area (Å²) in [5.74, 6) is -0.516. The van der Waals surface area contributed by atoms with Crippen LogP contribution in [0.5, 0.6) is 0 Å². The molecule has 0 aliphatic carbocycles. The van der Waals surface area contributed by atoms with Crippen LogP contribution in [0, 0.1) is 11.7 Å². The molecule has 2 aromatic heterocycles. The van der Waals surface area contributed by atoms with Crippen molar-refractivity contribution in [2.75, 3.05) is 25.1 Å². The molecular formula is C29H25F4N5O2. The molecule has 6 rings (SSSR count). The van der Waals surface area contributed by atoms with E-state index in [1.54, 1.807) is 61.2 Å². The molecule has 0 saturated carbocycles. The second-order valence-electron chi connectivity index (χ2n) is 10.1. The first-order chi connectivity index (χ1) is 19.2. The molecule has 0 spiro atoms. The third-order valence-electron chi connectivity index (χ3n) is 7.10. The predicted molar refractivity (Wildman–Crippen MR) is 142 cm³/mol. The Bertz CT molecular complexity index is 1610. The van der Waals surface area contributed by atoms with Crippen molar-refractivity contribution < 1.29 is 27.1 Å². The Morgan fingerprint density at radius 3 is 2.70 bits per heavy atom. The van der Waals surface area contributed by atoms with Gasteiger partial charge in [-0.05, 0) is 53.1 Å². The Morgan fingerprint density at radius 1 is 1.10 bits per heavy atom. The molecule has 7 nitrogen and oxygen atoms in total. The maximum absolute atomic E-state index is 15.8. The minimum Gasteiger partial charge on any atom is -0.381 e. The second-order valence-corrected chi connectivity index (χ2v) is 10.1. The molecule has 0 unspecified atom stereocenters. The Kier molecular flexibility index (Phi) is 6.85. The van der Waals surface area contributed by atoms with Gasteiger partial charge in [-0.3, -0.25) is 14.7 Å². The van der Waals surface area contributed by atoms with Gasteiger partial charge in [-0.1, -0.05) is 6.07 Å². The van der Waals surface area contributed by atoms with Crippen LogP contribution in [-0.4, -0.2) is 51.3 Å². The van der Waals surface area contributed by atoms with E-state index in [1.165, 1.54) is 11.0 Å². The van der Waals surface area contributed by atoms with E-state index in [-0.39, 0.29) is 13.1 Å². The smallest absolute Gasteiger partial charge is 0.381 e. The molecule has 0 atom stereocenters. The van der Waals surface area contributed by atoms with Gasteiger partial charge in [-0.2, -0.15) is 13.2 Å². The highest BCUT2D eigenvalue weighted by Gasteiger charge is 2.33. The van der Waals surface area contributed by atoms with Crippen molar-refractivity contribution in [2.45, 2.75) is 25.8 Å². The molecule has 2 aromatic carbocycles. The van der Waals surface area contributed by atoms with Crippen LogP contribution < -0.4 is 5.32 Å². The highest BCUT2D eigenvalue weighted by molar-refractivity contribution is 6.02. The standard InChI is InChI=1S/C29H25F4N5O2/c30-27-24(4-5-25-28(27)38(17-35-25)11-18-14-40-15-18)23-7-8-34-10-19(23)2-6-26(39)36-22-3-1-20-12-37(13-21(20)9-22)16-29(31,32)33/h1-10,17-18H,11-16H2,(H,36,39)/b6-2+. The summed E-state index contributed by atoms with van der Waals surface area (Å²) in [6.07, 6.45) is 3.36. The minimum absolute atomic E-state index is 0.163. The number of alkyl halides is 3. The summed E-state index contributed by atoms with van der Waals surface area (Å²) in [6, 6.07) is 10.2. The van der Waals surface area contributed by atoms with Crippen LogP contribution in [0.1, 0.15) is 16.7 Å². The van der Waals surface area contributed by atoms with Crippen molar-refractivity contribution in [3.8, 4) is 11.1 Å². The molecule has 4 aromatic rings. The average molecular weight is 552 g/mol. The number of rotatable bonds is 7. The molecule has 1 amide bonds. The van der Waals surface area contributed by atoms with Crippen LogP contribution in [0.15, 0.2) is 61.2 Å². The zero-order valence-electron chi connectivity index (χ0n) is 21.3. The fourth-order valence-corrected chi connectivity index (χ4v) is 5.18. The molecule has 1 N–H and O–H groups in total. The van der Waals surface area contributed by atoms with Crippen LogP contribution in [0.4, 0.5) is 23.2 Å². The maximum Gasteiger partial charge on any atom is 0.401 e. The molecule has 0 bridgehead atoms. The number of halogens is 4. The van der Waals surface area contributed by atoms with Crippen LogP contribution in [0.3, 0.4) is 0 Å². The Hall–Kier alpha value is -4.09. The Labute approximate surface area is 227 Å². The molecule has 1 fully saturated rings. The number of fused-ring (bicyclic) bond motifs is 2. The lowest BCUT2D eigenvalue weighted by molar-refractivity contribution is -0.147. The lowest BCUT2D eigenvalue weighted by atomic mass is 10.00. The number of pyridine rings is 1. The number of carbonyl (C=O) groups is 1. The van der Waals surface area contributed by atoms with Gasteiger partial charge in [0.2, 0.25) is 5.91 Å². The molecule has 1 saturated heterocycles. The van der Waals surface area contributed by atoms with E-state index in [2.05, 4.69) is 15.3 Å². The van der Waals surface area contributed by atoms with Crippen LogP contribution >= 0.6 is 0 Å². The number of imidazole rings is 1. The number of nitrogens with zero attached hydrogens (tertiary/aromatic N) is 4. The number of carbonyl (C=O) groups excluding carboxylic acids is 1. The summed E-state index contributed by atoms with van der Waals surface area (Å²) in [6.45, 7) is 1.30. The van der Waals surface area contributed by atoms with Crippen molar-refractivity contribution in [1.82, 2.24) is 19.4 Å². The lowest BCUT2D eigenvalue weighted by Crippen LogP contribution is -2.31. The fraction of sp³-hybridized carbons (Fsp3) is 0.276. The van der Waals surface area contributed by atoms with Crippen LogP contribution in [0.2, 0.25) is 0 Å². The summed E-state index contributed by atoms with van der Waals surface area (Å²) in [4.78, 5) is 22.5. The van der Waals surface area contributed by atoms with E-state index < -0.39 is 24.4 Å². The van der Waals surface area contributed by atoms with Crippen molar-refractivity contribution in [3.05, 3.63) is 83.7 Å². The molecule has 4 heterocycles. The largest absolute Gasteiger partial charge is 0.401 e. The second kappa shape index (κ2) is 10.5. The number of aromatic nitrogens is 3. The topological polar surface area (TPSA) is 72.3 Å². The van der Waals surface area contributed by atoms with Gasteiger partial charge in [-0.15, -0.1) is 0 Å². The van der Waals surface area contributed by atoms with E-state index in [9.17, 15) is 18.0 Å². The molecule has 206 valence electrons. The van der Waals surface area contributed by atoms with Gasteiger partial charge in [0, 0.05) is 60.8 Å².